The van der Waals surface area contributed by atoms with Gasteiger partial charge in [0.15, 0.2) is 0 Å². The van der Waals surface area contributed by atoms with Crippen LogP contribution in [0.3, 0.4) is 0 Å². The number of fused-ring (bicyclic) bond motifs is 3. The van der Waals surface area contributed by atoms with Gasteiger partial charge in [0, 0.05) is 5.41 Å². The molecule has 25 heavy (non-hydrogen) atoms. The molecule has 0 saturated carbocycles. The van der Waals surface area contributed by atoms with E-state index >= 15 is 0 Å². The minimum absolute atomic E-state index is 0.0483. The quantitative estimate of drug-likeness (QED) is 0.622. The van der Waals surface area contributed by atoms with Gasteiger partial charge in [0.1, 0.15) is 5.75 Å². The third kappa shape index (κ3) is 2.09. The fourth-order valence-corrected chi connectivity index (χ4v) is 4.64. The van der Waals surface area contributed by atoms with Crippen molar-refractivity contribution in [3.63, 3.8) is 0 Å². The van der Waals surface area contributed by atoms with Crippen molar-refractivity contribution >= 4 is 11.6 Å². The molecule has 3 aromatic rings. The van der Waals surface area contributed by atoms with Crippen molar-refractivity contribution in [2.24, 2.45) is 0 Å². The van der Waals surface area contributed by atoms with Crippen LogP contribution in [0.2, 0.25) is 0 Å². The highest BCUT2D eigenvalue weighted by atomic mass is 16.5. The fraction of sp³-hybridized carbons (Fsp3) is 0.167. The van der Waals surface area contributed by atoms with Crippen LogP contribution in [0, 0.1) is 0 Å². The van der Waals surface area contributed by atoms with Crippen LogP contribution in [0.25, 0.3) is 11.6 Å². The summed E-state index contributed by atoms with van der Waals surface area (Å²) in [5, 5.41) is 0. The lowest BCUT2D eigenvalue weighted by molar-refractivity contribution is 0.414. The Hall–Kier alpha value is -2.80. The van der Waals surface area contributed by atoms with Gasteiger partial charge in [0.2, 0.25) is 0 Å². The summed E-state index contributed by atoms with van der Waals surface area (Å²) in [6.45, 7) is 0. The van der Waals surface area contributed by atoms with Crippen molar-refractivity contribution in [1.29, 1.82) is 0 Å². The third-order valence-electron chi connectivity index (χ3n) is 5.78. The van der Waals surface area contributed by atoms with E-state index < -0.39 is 0 Å². The minimum atomic E-state index is 0.0483. The maximum absolute atomic E-state index is 5.46. The number of hydrogen-bond donors (Lipinski definition) is 0. The van der Waals surface area contributed by atoms with Crippen molar-refractivity contribution in [1.82, 2.24) is 0 Å². The maximum Gasteiger partial charge on any atom is 0.119 e. The molecule has 5 rings (SSSR count). The van der Waals surface area contributed by atoms with Gasteiger partial charge in [-0.1, -0.05) is 60.7 Å². The molecule has 0 heterocycles. The van der Waals surface area contributed by atoms with Crippen molar-refractivity contribution in [3.05, 3.63) is 101 Å². The molecule has 0 atom stereocenters. The Morgan fingerprint density at radius 2 is 1.48 bits per heavy atom. The fourth-order valence-electron chi connectivity index (χ4n) is 4.64. The van der Waals surface area contributed by atoms with E-state index in [9.17, 15) is 0 Å². The van der Waals surface area contributed by atoms with E-state index in [1.165, 1.54) is 33.4 Å². The minimum Gasteiger partial charge on any atom is -0.497 e. The highest BCUT2D eigenvalue weighted by molar-refractivity contribution is 5.95. The Kier molecular flexibility index (Phi) is 3.11. The molecule has 1 spiro atoms. The predicted octanol–water partition coefficient (Wildman–Crippen LogP) is 5.29. The van der Waals surface area contributed by atoms with Gasteiger partial charge in [-0.05, 0) is 64.4 Å². The molecule has 122 valence electrons. The van der Waals surface area contributed by atoms with Crippen LogP contribution in [-0.2, 0) is 18.3 Å². The molecule has 0 aromatic heterocycles. The lowest BCUT2D eigenvalue weighted by Crippen LogP contribution is -2.26. The van der Waals surface area contributed by atoms with Crippen LogP contribution in [0.5, 0.6) is 5.75 Å². The summed E-state index contributed by atoms with van der Waals surface area (Å²) in [6, 6.07) is 26.3. The van der Waals surface area contributed by atoms with E-state index in [4.69, 9.17) is 4.74 Å². The molecule has 3 aromatic carbocycles. The van der Waals surface area contributed by atoms with Crippen LogP contribution >= 0.6 is 0 Å². The van der Waals surface area contributed by atoms with Gasteiger partial charge in [0.25, 0.3) is 0 Å². The zero-order valence-corrected chi connectivity index (χ0v) is 14.3. The average Bonchev–Trinajstić information content (AvgIpc) is 3.20. The van der Waals surface area contributed by atoms with Crippen LogP contribution in [-0.4, -0.2) is 7.11 Å². The molecule has 0 fully saturated rings. The molecule has 2 aliphatic rings. The van der Waals surface area contributed by atoms with Crippen molar-refractivity contribution in [3.8, 4) is 5.75 Å². The molecule has 0 bridgehead atoms. The number of ether oxygens (including phenoxy) is 1. The van der Waals surface area contributed by atoms with Gasteiger partial charge in [-0.3, -0.25) is 0 Å². The Morgan fingerprint density at radius 1 is 0.800 bits per heavy atom. The summed E-state index contributed by atoms with van der Waals surface area (Å²) < 4.78 is 5.46. The Bertz CT molecular complexity index is 957. The normalized spacial score (nSPS) is 16.4. The first kappa shape index (κ1) is 14.5. The van der Waals surface area contributed by atoms with E-state index in [0.717, 1.165) is 18.6 Å². The molecular weight excluding hydrogens is 304 g/mol. The average molecular weight is 324 g/mol. The molecule has 0 amide bonds. The van der Waals surface area contributed by atoms with Crippen LogP contribution in [0.1, 0.15) is 27.8 Å². The number of allylic oxidation sites excluding steroid dienone is 1. The summed E-state index contributed by atoms with van der Waals surface area (Å²) in [5.41, 5.74) is 8.50. The number of methoxy groups -OCH3 is 1. The van der Waals surface area contributed by atoms with E-state index in [0.29, 0.717) is 0 Å². The number of benzene rings is 3. The first-order valence-corrected chi connectivity index (χ1v) is 8.83. The van der Waals surface area contributed by atoms with Crippen molar-refractivity contribution < 1.29 is 4.74 Å². The van der Waals surface area contributed by atoms with Gasteiger partial charge in [-0.25, -0.2) is 0 Å². The highest BCUT2D eigenvalue weighted by Gasteiger charge is 2.46. The van der Waals surface area contributed by atoms with Gasteiger partial charge < -0.3 is 4.74 Å². The number of rotatable bonds is 2. The van der Waals surface area contributed by atoms with Crippen molar-refractivity contribution in [2.75, 3.05) is 7.11 Å². The monoisotopic (exact) mass is 324 g/mol. The lowest BCUT2D eigenvalue weighted by Gasteiger charge is -2.30. The standard InChI is InChI=1S/C24H20O/c1-25-21-11-12-22-20(13-21)14-23(17-7-3-2-4-8-17)24(22)15-18-9-5-6-10-19(18)16-24/h2-14H,15-16H2,1H3. The zero-order chi connectivity index (χ0) is 16.9. The summed E-state index contributed by atoms with van der Waals surface area (Å²) in [5.74, 6) is 0.926. The van der Waals surface area contributed by atoms with E-state index in [1.807, 2.05) is 0 Å². The topological polar surface area (TPSA) is 9.23 Å². The summed E-state index contributed by atoms with van der Waals surface area (Å²) in [4.78, 5) is 0. The van der Waals surface area contributed by atoms with Crippen LogP contribution in [0.4, 0.5) is 0 Å². The van der Waals surface area contributed by atoms with Crippen molar-refractivity contribution in [2.45, 2.75) is 18.3 Å². The maximum atomic E-state index is 5.46. The molecule has 2 aliphatic carbocycles. The third-order valence-corrected chi connectivity index (χ3v) is 5.78. The summed E-state index contributed by atoms with van der Waals surface area (Å²) >= 11 is 0. The molecule has 1 heteroatoms. The SMILES string of the molecule is COc1ccc2c(c1)C=C(c1ccccc1)C21Cc2ccccc2C1. The molecule has 0 saturated heterocycles. The molecule has 0 radical (unpaired) electrons. The molecule has 0 aliphatic heterocycles. The Balaban J connectivity index is 1.72. The molecule has 1 nitrogen and oxygen atoms in total. The van der Waals surface area contributed by atoms with Gasteiger partial charge >= 0.3 is 0 Å². The highest BCUT2D eigenvalue weighted by Crippen LogP contribution is 2.54. The molecule has 0 N–H and O–H groups in total. The summed E-state index contributed by atoms with van der Waals surface area (Å²) in [7, 11) is 1.74. The van der Waals surface area contributed by atoms with E-state index in [1.54, 1.807) is 7.11 Å². The van der Waals surface area contributed by atoms with Gasteiger partial charge in [0.05, 0.1) is 7.11 Å². The van der Waals surface area contributed by atoms with E-state index in [-0.39, 0.29) is 5.41 Å². The zero-order valence-electron chi connectivity index (χ0n) is 14.3. The predicted molar refractivity (Wildman–Crippen MR) is 103 cm³/mol. The second-order valence-corrected chi connectivity index (χ2v) is 7.08. The van der Waals surface area contributed by atoms with Crippen LogP contribution in [0.15, 0.2) is 72.8 Å². The largest absolute Gasteiger partial charge is 0.497 e. The lowest BCUT2D eigenvalue weighted by atomic mass is 9.72. The Labute approximate surface area is 148 Å². The second-order valence-electron chi connectivity index (χ2n) is 7.08. The molecular formula is C24H20O. The molecule has 0 unspecified atom stereocenters. The summed E-state index contributed by atoms with van der Waals surface area (Å²) in [6.07, 6.45) is 4.52. The van der Waals surface area contributed by atoms with Gasteiger partial charge in [-0.2, -0.15) is 0 Å². The smallest absolute Gasteiger partial charge is 0.119 e. The number of hydrogen-bond acceptors (Lipinski definition) is 1. The first-order valence-electron chi connectivity index (χ1n) is 8.83. The Morgan fingerprint density at radius 3 is 2.16 bits per heavy atom. The van der Waals surface area contributed by atoms with E-state index in [2.05, 4.69) is 78.9 Å². The van der Waals surface area contributed by atoms with Crippen LogP contribution < -0.4 is 4.74 Å². The second kappa shape index (κ2) is 5.35. The van der Waals surface area contributed by atoms with Gasteiger partial charge in [-0.15, -0.1) is 0 Å². The first-order chi connectivity index (χ1) is 12.3.